The van der Waals surface area contributed by atoms with Crippen molar-refractivity contribution in [3.8, 4) is 22.3 Å². The van der Waals surface area contributed by atoms with Crippen molar-refractivity contribution in [3.05, 3.63) is 182 Å². The van der Waals surface area contributed by atoms with Gasteiger partial charge in [0.2, 0.25) is 0 Å². The number of anilines is 3. The van der Waals surface area contributed by atoms with E-state index in [1.165, 1.54) is 43.8 Å². The molecule has 3 nitrogen and oxygen atoms in total. The fourth-order valence-electron chi connectivity index (χ4n) is 7.35. The van der Waals surface area contributed by atoms with Crippen LogP contribution in [0.3, 0.4) is 0 Å². The summed E-state index contributed by atoms with van der Waals surface area (Å²) in [6, 6.07) is 62.6. The Bertz CT molecular complexity index is 2850. The molecule has 10 rings (SSSR count). The Labute approximate surface area is 289 Å². The van der Waals surface area contributed by atoms with E-state index in [0.717, 1.165) is 49.9 Å². The number of pyridine rings is 1. The number of aromatic nitrogens is 1. The van der Waals surface area contributed by atoms with Crippen molar-refractivity contribution < 1.29 is 4.42 Å². The van der Waals surface area contributed by atoms with Gasteiger partial charge in [-0.1, -0.05) is 121 Å². The Morgan fingerprint density at radius 1 is 0.380 bits per heavy atom. The maximum atomic E-state index is 6.34. The second-order valence-corrected chi connectivity index (χ2v) is 12.8. The summed E-state index contributed by atoms with van der Waals surface area (Å²) < 4.78 is 6.34. The lowest BCUT2D eigenvalue weighted by Gasteiger charge is -2.26. The average Bonchev–Trinajstić information content (AvgIpc) is 3.58. The zero-order valence-electron chi connectivity index (χ0n) is 27.1. The molecule has 0 N–H and O–H groups in total. The van der Waals surface area contributed by atoms with Crippen molar-refractivity contribution in [2.24, 2.45) is 0 Å². The normalized spacial score (nSPS) is 11.6. The predicted octanol–water partition coefficient (Wildman–Crippen LogP) is 13.2. The Balaban J connectivity index is 1.08. The summed E-state index contributed by atoms with van der Waals surface area (Å²) in [5, 5.41) is 8.17. The van der Waals surface area contributed by atoms with E-state index in [1.54, 1.807) is 0 Å². The first-order valence-electron chi connectivity index (χ1n) is 16.9. The van der Waals surface area contributed by atoms with Gasteiger partial charge in [-0.3, -0.25) is 4.98 Å². The van der Waals surface area contributed by atoms with Crippen LogP contribution in [-0.4, -0.2) is 4.98 Å². The maximum Gasteiger partial charge on any atom is 0.146 e. The number of fused-ring (bicyclic) bond motifs is 8. The number of benzene rings is 8. The van der Waals surface area contributed by atoms with Gasteiger partial charge in [0.25, 0.3) is 0 Å². The third kappa shape index (κ3) is 4.71. The number of hydrogen-bond donors (Lipinski definition) is 0. The van der Waals surface area contributed by atoms with Crippen molar-refractivity contribution in [2.45, 2.75) is 0 Å². The fourth-order valence-corrected chi connectivity index (χ4v) is 7.35. The lowest BCUT2D eigenvalue weighted by Crippen LogP contribution is -2.10. The van der Waals surface area contributed by atoms with Crippen LogP contribution in [0, 0.1) is 0 Å². The zero-order valence-corrected chi connectivity index (χ0v) is 27.1. The largest absolute Gasteiger partial charge is 0.455 e. The molecule has 234 valence electrons. The van der Waals surface area contributed by atoms with E-state index >= 15 is 0 Å². The highest BCUT2D eigenvalue weighted by Gasteiger charge is 2.17. The van der Waals surface area contributed by atoms with Gasteiger partial charge in [0.05, 0.1) is 5.52 Å². The number of nitrogens with zero attached hydrogens (tertiary/aromatic N) is 2. The van der Waals surface area contributed by atoms with Crippen LogP contribution in [0.4, 0.5) is 17.1 Å². The van der Waals surface area contributed by atoms with Crippen LogP contribution in [0.25, 0.3) is 76.6 Å². The molecule has 3 heteroatoms. The van der Waals surface area contributed by atoms with E-state index < -0.39 is 0 Å². The standard InChI is InChI=1S/C47H30N2O/c1-2-8-31(9-3-1)32-18-22-37(23-19-32)49(39-26-27-42-45(29-39)48-30-44-41-12-6-7-13-46(41)50-47(42)44)38-24-20-33(21-25-38)36-17-16-35-15-14-34-10-4-5-11-40(34)43(35)28-36/h1-30H. The minimum atomic E-state index is 0.869. The second kappa shape index (κ2) is 11.5. The highest BCUT2D eigenvalue weighted by Crippen LogP contribution is 2.40. The average molecular weight is 639 g/mol. The van der Waals surface area contributed by atoms with Crippen molar-refractivity contribution in [3.63, 3.8) is 0 Å². The summed E-state index contributed by atoms with van der Waals surface area (Å²) >= 11 is 0. The topological polar surface area (TPSA) is 29.3 Å². The summed E-state index contributed by atoms with van der Waals surface area (Å²) in [5.74, 6) is 0. The Morgan fingerprint density at radius 3 is 1.74 bits per heavy atom. The predicted molar refractivity (Wildman–Crippen MR) is 210 cm³/mol. The van der Waals surface area contributed by atoms with Gasteiger partial charge in [0.15, 0.2) is 0 Å². The van der Waals surface area contributed by atoms with Crippen molar-refractivity contribution in [1.29, 1.82) is 0 Å². The molecule has 10 aromatic rings. The lowest BCUT2D eigenvalue weighted by molar-refractivity contribution is 0.672. The van der Waals surface area contributed by atoms with Crippen LogP contribution in [0.2, 0.25) is 0 Å². The molecule has 8 aromatic carbocycles. The third-order valence-corrected chi connectivity index (χ3v) is 9.89. The van der Waals surface area contributed by atoms with E-state index in [2.05, 4.69) is 163 Å². The second-order valence-electron chi connectivity index (χ2n) is 12.8. The van der Waals surface area contributed by atoms with E-state index in [1.807, 2.05) is 24.4 Å². The van der Waals surface area contributed by atoms with Crippen molar-refractivity contribution >= 4 is 71.4 Å². The van der Waals surface area contributed by atoms with Gasteiger partial charge < -0.3 is 9.32 Å². The van der Waals surface area contributed by atoms with Crippen LogP contribution < -0.4 is 4.90 Å². The highest BCUT2D eigenvalue weighted by atomic mass is 16.3. The Morgan fingerprint density at radius 2 is 0.960 bits per heavy atom. The summed E-state index contributed by atoms with van der Waals surface area (Å²) in [4.78, 5) is 7.23. The molecule has 0 saturated heterocycles. The molecule has 0 fully saturated rings. The molecule has 0 unspecified atom stereocenters. The Hall–Kier alpha value is -6.71. The maximum absolute atomic E-state index is 6.34. The quantitative estimate of drug-likeness (QED) is 0.176. The van der Waals surface area contributed by atoms with E-state index in [0.29, 0.717) is 0 Å². The molecule has 0 amide bonds. The monoisotopic (exact) mass is 638 g/mol. The summed E-state index contributed by atoms with van der Waals surface area (Å²) in [7, 11) is 0. The molecule has 50 heavy (non-hydrogen) atoms. The van der Waals surface area contributed by atoms with E-state index in [9.17, 15) is 0 Å². The number of hydrogen-bond acceptors (Lipinski definition) is 3. The number of rotatable bonds is 5. The molecular weight excluding hydrogens is 609 g/mol. The zero-order chi connectivity index (χ0) is 33.0. The van der Waals surface area contributed by atoms with Gasteiger partial charge in [-0.25, -0.2) is 0 Å². The first kappa shape index (κ1) is 28.3. The summed E-state index contributed by atoms with van der Waals surface area (Å²) in [6.45, 7) is 0. The lowest BCUT2D eigenvalue weighted by atomic mass is 9.97. The van der Waals surface area contributed by atoms with Gasteiger partial charge in [-0.2, -0.15) is 0 Å². The van der Waals surface area contributed by atoms with Crippen LogP contribution in [0.15, 0.2) is 187 Å². The minimum absolute atomic E-state index is 0.869. The van der Waals surface area contributed by atoms with Crippen LogP contribution >= 0.6 is 0 Å². The Kier molecular flexibility index (Phi) is 6.49. The molecule has 0 aliphatic rings. The van der Waals surface area contributed by atoms with Gasteiger partial charge >= 0.3 is 0 Å². The molecule has 0 aliphatic carbocycles. The first-order valence-corrected chi connectivity index (χ1v) is 16.9. The molecule has 2 aromatic heterocycles. The van der Waals surface area contributed by atoms with E-state index in [4.69, 9.17) is 9.40 Å². The molecular formula is C47H30N2O. The minimum Gasteiger partial charge on any atom is -0.455 e. The molecule has 0 saturated carbocycles. The highest BCUT2D eigenvalue weighted by molar-refractivity contribution is 6.14. The van der Waals surface area contributed by atoms with Crippen molar-refractivity contribution in [2.75, 3.05) is 4.90 Å². The smallest absolute Gasteiger partial charge is 0.146 e. The third-order valence-electron chi connectivity index (χ3n) is 9.89. The summed E-state index contributed by atoms with van der Waals surface area (Å²) in [5.41, 5.74) is 10.5. The van der Waals surface area contributed by atoms with Gasteiger partial charge in [0.1, 0.15) is 11.2 Å². The molecule has 0 atom stereocenters. The van der Waals surface area contributed by atoms with E-state index in [-0.39, 0.29) is 0 Å². The fraction of sp³-hybridized carbons (Fsp3) is 0. The first-order chi connectivity index (χ1) is 24.8. The molecule has 0 spiro atoms. The molecule has 0 radical (unpaired) electrons. The van der Waals surface area contributed by atoms with Crippen molar-refractivity contribution in [1.82, 2.24) is 4.98 Å². The molecule has 0 aliphatic heterocycles. The van der Waals surface area contributed by atoms with Gasteiger partial charge in [-0.15, -0.1) is 0 Å². The van der Waals surface area contributed by atoms with Crippen LogP contribution in [-0.2, 0) is 0 Å². The molecule has 0 bridgehead atoms. The van der Waals surface area contributed by atoms with Crippen LogP contribution in [0.1, 0.15) is 0 Å². The van der Waals surface area contributed by atoms with Crippen LogP contribution in [0.5, 0.6) is 0 Å². The van der Waals surface area contributed by atoms with Gasteiger partial charge in [0, 0.05) is 39.4 Å². The number of furan rings is 1. The summed E-state index contributed by atoms with van der Waals surface area (Å²) in [6.07, 6.45) is 1.94. The number of para-hydroxylation sites is 1. The molecule has 2 heterocycles. The SMILES string of the molecule is c1ccc(-c2ccc(N(c3ccc(-c4ccc5ccc6ccccc6c5c4)cc3)c3ccc4c(c3)ncc3c5ccccc5oc43)cc2)cc1. The van der Waals surface area contributed by atoms with Gasteiger partial charge in [-0.05, 0) is 98.4 Å².